The zero-order valence-corrected chi connectivity index (χ0v) is 11.9. The summed E-state index contributed by atoms with van der Waals surface area (Å²) in [6.45, 7) is 11.0. The van der Waals surface area contributed by atoms with E-state index in [-0.39, 0.29) is 11.9 Å². The summed E-state index contributed by atoms with van der Waals surface area (Å²) in [6.07, 6.45) is 3.86. The highest BCUT2D eigenvalue weighted by Gasteiger charge is 2.14. The molecule has 0 aliphatic heterocycles. The van der Waals surface area contributed by atoms with Crippen LogP contribution in [0.25, 0.3) is 0 Å². The van der Waals surface area contributed by atoms with Crippen molar-refractivity contribution in [2.45, 2.75) is 53.4 Å². The molecule has 0 aromatic heterocycles. The Morgan fingerprint density at radius 2 is 1.82 bits per heavy atom. The minimum atomic E-state index is -0.0304. The minimum absolute atomic E-state index is 0.0304. The van der Waals surface area contributed by atoms with E-state index < -0.39 is 0 Å². The number of hydrogen-bond acceptors (Lipinski definition) is 3. The van der Waals surface area contributed by atoms with Crippen LogP contribution in [0.4, 0.5) is 0 Å². The van der Waals surface area contributed by atoms with E-state index in [1.165, 1.54) is 6.42 Å². The van der Waals surface area contributed by atoms with Crippen molar-refractivity contribution in [3.05, 3.63) is 0 Å². The molecule has 0 aromatic rings. The van der Waals surface area contributed by atoms with E-state index in [0.717, 1.165) is 38.3 Å². The van der Waals surface area contributed by atoms with E-state index in [2.05, 4.69) is 19.2 Å². The van der Waals surface area contributed by atoms with Crippen LogP contribution in [0, 0.1) is 11.8 Å². The van der Waals surface area contributed by atoms with E-state index in [1.54, 1.807) is 0 Å². The lowest BCUT2D eigenvalue weighted by Crippen LogP contribution is -2.21. The molecule has 3 nitrogen and oxygen atoms in total. The third-order valence-electron chi connectivity index (χ3n) is 2.96. The Hall–Kier alpha value is -0.570. The first-order valence-corrected chi connectivity index (χ1v) is 6.99. The number of ether oxygens (including phenoxy) is 1. The van der Waals surface area contributed by atoms with Crippen LogP contribution >= 0.6 is 0 Å². The number of hydrogen-bond donors (Lipinski definition) is 1. The number of carbonyl (C=O) groups is 1. The maximum atomic E-state index is 11.5. The van der Waals surface area contributed by atoms with Gasteiger partial charge in [0.2, 0.25) is 0 Å². The van der Waals surface area contributed by atoms with Gasteiger partial charge >= 0.3 is 5.97 Å². The Morgan fingerprint density at radius 3 is 2.35 bits per heavy atom. The van der Waals surface area contributed by atoms with Gasteiger partial charge in [-0.15, -0.1) is 0 Å². The van der Waals surface area contributed by atoms with Crippen LogP contribution in [0.15, 0.2) is 0 Å². The Morgan fingerprint density at radius 1 is 1.18 bits per heavy atom. The summed E-state index contributed by atoms with van der Waals surface area (Å²) in [6, 6.07) is 0. The van der Waals surface area contributed by atoms with Crippen molar-refractivity contribution >= 4 is 5.97 Å². The third-order valence-corrected chi connectivity index (χ3v) is 2.96. The Kier molecular flexibility index (Phi) is 10.2. The molecular formula is C14H29NO2. The normalized spacial score (nSPS) is 11.2. The molecule has 0 saturated carbocycles. The molecule has 0 fully saturated rings. The van der Waals surface area contributed by atoms with Gasteiger partial charge in [0, 0.05) is 0 Å². The molecule has 0 atom stereocenters. The van der Waals surface area contributed by atoms with Crippen molar-refractivity contribution < 1.29 is 9.53 Å². The molecule has 0 rings (SSSR count). The number of carbonyl (C=O) groups excluding carboxylic acids is 1. The summed E-state index contributed by atoms with van der Waals surface area (Å²) in [5.41, 5.74) is 0. The van der Waals surface area contributed by atoms with Crippen LogP contribution in [-0.2, 0) is 9.53 Å². The van der Waals surface area contributed by atoms with Gasteiger partial charge in [-0.25, -0.2) is 0 Å². The highest BCUT2D eigenvalue weighted by atomic mass is 16.5. The van der Waals surface area contributed by atoms with Crippen molar-refractivity contribution in [3.8, 4) is 0 Å². The average molecular weight is 243 g/mol. The van der Waals surface area contributed by atoms with Gasteiger partial charge in [-0.1, -0.05) is 27.7 Å². The van der Waals surface area contributed by atoms with Crippen molar-refractivity contribution in [2.75, 3.05) is 19.7 Å². The van der Waals surface area contributed by atoms with Gasteiger partial charge in [-0.05, 0) is 44.7 Å². The molecule has 0 heterocycles. The Bertz CT molecular complexity index is 189. The molecular weight excluding hydrogens is 214 g/mol. The van der Waals surface area contributed by atoms with Crippen molar-refractivity contribution in [1.82, 2.24) is 5.32 Å². The van der Waals surface area contributed by atoms with Gasteiger partial charge in [0.05, 0.1) is 12.5 Å². The predicted octanol–water partition coefficient (Wildman–Crippen LogP) is 2.99. The van der Waals surface area contributed by atoms with Crippen LogP contribution < -0.4 is 5.32 Å². The second kappa shape index (κ2) is 10.6. The predicted molar refractivity (Wildman–Crippen MR) is 72.0 cm³/mol. The fraction of sp³-hybridized carbons (Fsp3) is 0.929. The van der Waals surface area contributed by atoms with E-state index >= 15 is 0 Å². The van der Waals surface area contributed by atoms with Crippen LogP contribution in [0.1, 0.15) is 53.4 Å². The summed E-state index contributed by atoms with van der Waals surface area (Å²) >= 11 is 0. The van der Waals surface area contributed by atoms with Gasteiger partial charge in [0.25, 0.3) is 0 Å². The first-order valence-electron chi connectivity index (χ1n) is 6.99. The Balaban J connectivity index is 3.36. The number of rotatable bonds is 10. The molecule has 0 amide bonds. The molecule has 0 aromatic carbocycles. The van der Waals surface area contributed by atoms with E-state index in [0.29, 0.717) is 6.61 Å². The molecule has 0 unspecified atom stereocenters. The zero-order valence-electron chi connectivity index (χ0n) is 11.9. The van der Waals surface area contributed by atoms with E-state index in [9.17, 15) is 4.79 Å². The van der Waals surface area contributed by atoms with E-state index in [4.69, 9.17) is 4.74 Å². The summed E-state index contributed by atoms with van der Waals surface area (Å²) in [5.74, 6) is 0.802. The topological polar surface area (TPSA) is 38.3 Å². The van der Waals surface area contributed by atoms with Crippen molar-refractivity contribution in [1.29, 1.82) is 0 Å². The minimum Gasteiger partial charge on any atom is -0.465 e. The SMILES string of the molecule is CCC(CC)C(=O)OCCCNCCC(C)C. The average Bonchev–Trinajstić information content (AvgIpc) is 2.29. The molecule has 1 N–H and O–H groups in total. The lowest BCUT2D eigenvalue weighted by atomic mass is 10.0. The third kappa shape index (κ3) is 9.16. The van der Waals surface area contributed by atoms with Gasteiger partial charge in [0.1, 0.15) is 0 Å². The smallest absolute Gasteiger partial charge is 0.308 e. The highest BCUT2D eigenvalue weighted by molar-refractivity contribution is 5.72. The van der Waals surface area contributed by atoms with Gasteiger partial charge in [0.15, 0.2) is 0 Å². The molecule has 0 radical (unpaired) electrons. The van der Waals surface area contributed by atoms with Crippen LogP contribution in [-0.4, -0.2) is 25.7 Å². The number of esters is 1. The van der Waals surface area contributed by atoms with Crippen LogP contribution in [0.5, 0.6) is 0 Å². The maximum Gasteiger partial charge on any atom is 0.308 e. The largest absolute Gasteiger partial charge is 0.465 e. The molecule has 17 heavy (non-hydrogen) atoms. The maximum absolute atomic E-state index is 11.5. The quantitative estimate of drug-likeness (QED) is 0.473. The molecule has 0 aliphatic rings. The first kappa shape index (κ1) is 16.4. The van der Waals surface area contributed by atoms with Gasteiger partial charge < -0.3 is 10.1 Å². The first-order chi connectivity index (χ1) is 8.11. The summed E-state index contributed by atoms with van der Waals surface area (Å²) in [4.78, 5) is 11.5. The lowest BCUT2D eigenvalue weighted by molar-refractivity contribution is -0.148. The van der Waals surface area contributed by atoms with Gasteiger partial charge in [-0.3, -0.25) is 4.79 Å². The Labute approximate surface area is 106 Å². The number of nitrogens with one attached hydrogen (secondary N) is 1. The lowest BCUT2D eigenvalue weighted by Gasteiger charge is -2.12. The second-order valence-corrected chi connectivity index (χ2v) is 4.97. The fourth-order valence-electron chi connectivity index (χ4n) is 1.63. The highest BCUT2D eigenvalue weighted by Crippen LogP contribution is 2.09. The summed E-state index contributed by atoms with van der Waals surface area (Å²) in [5, 5.41) is 3.36. The van der Waals surface area contributed by atoms with Gasteiger partial charge in [-0.2, -0.15) is 0 Å². The molecule has 0 spiro atoms. The zero-order chi connectivity index (χ0) is 13.1. The molecule has 3 heteroatoms. The van der Waals surface area contributed by atoms with Crippen molar-refractivity contribution in [3.63, 3.8) is 0 Å². The summed E-state index contributed by atoms with van der Waals surface area (Å²) in [7, 11) is 0. The summed E-state index contributed by atoms with van der Waals surface area (Å²) < 4.78 is 5.23. The fourth-order valence-corrected chi connectivity index (χ4v) is 1.63. The molecule has 0 bridgehead atoms. The van der Waals surface area contributed by atoms with Crippen LogP contribution in [0.3, 0.4) is 0 Å². The molecule has 0 aliphatic carbocycles. The van der Waals surface area contributed by atoms with Crippen LogP contribution in [0.2, 0.25) is 0 Å². The monoisotopic (exact) mass is 243 g/mol. The molecule has 0 saturated heterocycles. The van der Waals surface area contributed by atoms with E-state index in [1.807, 2.05) is 13.8 Å². The second-order valence-electron chi connectivity index (χ2n) is 4.97. The van der Waals surface area contributed by atoms with Crippen molar-refractivity contribution in [2.24, 2.45) is 11.8 Å². The standard InChI is InChI=1S/C14H29NO2/c1-5-13(6-2)14(16)17-11-7-9-15-10-8-12(3)4/h12-13,15H,5-11H2,1-4H3. The molecule has 102 valence electrons.